The maximum atomic E-state index is 14.1. The van der Waals surface area contributed by atoms with E-state index in [1.54, 1.807) is 12.1 Å². The van der Waals surface area contributed by atoms with Crippen molar-refractivity contribution in [2.24, 2.45) is 0 Å². The Morgan fingerprint density at radius 3 is 0.866 bits per heavy atom. The van der Waals surface area contributed by atoms with Crippen LogP contribution < -0.4 is 28.4 Å². The molecule has 0 amide bonds. The number of rotatable bonds is 69. The maximum absolute atomic E-state index is 14.1. The molecule has 2 aromatic carbocycles. The molecule has 0 radical (unpaired) electrons. The fourth-order valence-corrected chi connectivity index (χ4v) is 11.1. The molecule has 0 saturated carbocycles. The summed E-state index contributed by atoms with van der Waals surface area (Å²) in [5, 5.41) is 11.6. The van der Waals surface area contributed by atoms with Crippen LogP contribution in [-0.2, 0) is 37.9 Å². The summed E-state index contributed by atoms with van der Waals surface area (Å²) in [6.07, 6.45) is 36.7. The van der Waals surface area contributed by atoms with Gasteiger partial charge in [0.2, 0.25) is 17.3 Å². The summed E-state index contributed by atoms with van der Waals surface area (Å²) in [7, 11) is 0. The van der Waals surface area contributed by atoms with Crippen LogP contribution in [-0.4, -0.2) is 166 Å². The lowest BCUT2D eigenvalue weighted by atomic mass is 10.0. The van der Waals surface area contributed by atoms with Crippen molar-refractivity contribution >= 4 is 11.5 Å². The minimum atomic E-state index is -0.437. The molecule has 18 heteroatoms. The molecule has 3 N–H and O–H groups in total. The quantitative estimate of drug-likeness (QED) is 0.0163. The fourth-order valence-electron chi connectivity index (χ4n) is 11.1. The van der Waals surface area contributed by atoms with E-state index in [9.17, 15) is 9.90 Å². The first-order chi connectivity index (χ1) is 47.9. The van der Waals surface area contributed by atoms with Gasteiger partial charge in [0.15, 0.2) is 23.0 Å². The second kappa shape index (κ2) is 58.5. The van der Waals surface area contributed by atoms with Gasteiger partial charge < -0.3 is 81.4 Å². The molecule has 0 aliphatic rings. The van der Waals surface area contributed by atoms with Gasteiger partial charge >= 0.3 is 0 Å². The van der Waals surface area contributed by atoms with Crippen LogP contribution in [0.25, 0.3) is 28.3 Å². The van der Waals surface area contributed by atoms with Crippen molar-refractivity contribution in [3.8, 4) is 57.0 Å². The smallest absolute Gasteiger partial charge is 0.205 e. The Morgan fingerprint density at radius 2 is 0.567 bits per heavy atom. The number of benzene rings is 2. The zero-order valence-corrected chi connectivity index (χ0v) is 61.1. The topological polar surface area (TPSA) is 198 Å². The summed E-state index contributed by atoms with van der Waals surface area (Å²) in [6, 6.07) is 14.7. The molecule has 0 aliphatic heterocycles. The van der Waals surface area contributed by atoms with Gasteiger partial charge in [-0.15, -0.1) is 0 Å². The van der Waals surface area contributed by atoms with Crippen LogP contribution in [0.15, 0.2) is 54.6 Å². The van der Waals surface area contributed by atoms with E-state index in [0.717, 1.165) is 38.5 Å². The summed E-state index contributed by atoms with van der Waals surface area (Å²) in [5.74, 6) is 2.24. The third kappa shape index (κ3) is 39.3. The average Bonchev–Trinajstić information content (AvgIpc) is 1.80. The van der Waals surface area contributed by atoms with Crippen LogP contribution in [0, 0.1) is 0 Å². The first-order valence-electron chi connectivity index (χ1n) is 38.0. The fraction of sp³-hybridized carbons (Fsp3) is 0.709. The number of ketones is 1. The van der Waals surface area contributed by atoms with Crippen LogP contribution in [0.4, 0.5) is 0 Å². The number of ether oxygens (including phenoxy) is 14. The zero-order valence-electron chi connectivity index (χ0n) is 61.1. The van der Waals surface area contributed by atoms with E-state index in [4.69, 9.17) is 66.3 Å². The molecule has 552 valence electrons. The number of nitrogens with one attached hydrogen (secondary N) is 2. The molecule has 97 heavy (non-hydrogen) atoms. The second-order valence-corrected chi connectivity index (χ2v) is 24.6. The molecule has 4 rings (SSSR count). The Balaban J connectivity index is 1.53. The van der Waals surface area contributed by atoms with Gasteiger partial charge in [-0.05, 0) is 89.1 Å². The Labute approximate surface area is 584 Å². The van der Waals surface area contributed by atoms with Crippen molar-refractivity contribution in [3.63, 3.8) is 0 Å². The minimum absolute atomic E-state index is 0.250. The van der Waals surface area contributed by atoms with Gasteiger partial charge in [0.1, 0.15) is 32.2 Å². The first-order valence-corrected chi connectivity index (χ1v) is 38.0. The van der Waals surface area contributed by atoms with Crippen LogP contribution in [0.1, 0.15) is 238 Å². The number of aromatic nitrogens is 2. The van der Waals surface area contributed by atoms with Crippen LogP contribution in [0.2, 0.25) is 0 Å². The highest BCUT2D eigenvalue weighted by Crippen LogP contribution is 2.44. The molecule has 0 atom stereocenters. The number of H-pyrrole nitrogens is 2. The third-order valence-electron chi connectivity index (χ3n) is 16.6. The predicted molar refractivity (Wildman–Crippen MR) is 390 cm³/mol. The van der Waals surface area contributed by atoms with Crippen LogP contribution in [0.5, 0.6) is 34.5 Å². The average molecular weight is 1360 g/mol. The van der Waals surface area contributed by atoms with E-state index >= 15 is 0 Å². The summed E-state index contributed by atoms with van der Waals surface area (Å²) < 4.78 is 84.1. The van der Waals surface area contributed by atoms with Crippen molar-refractivity contribution in [2.45, 2.75) is 221 Å². The van der Waals surface area contributed by atoms with Crippen molar-refractivity contribution in [2.75, 3.05) is 145 Å². The highest BCUT2D eigenvalue weighted by Gasteiger charge is 2.21. The Hall–Kier alpha value is -5.31. The van der Waals surface area contributed by atoms with Gasteiger partial charge in [-0.3, -0.25) is 4.79 Å². The van der Waals surface area contributed by atoms with E-state index in [1.165, 1.54) is 147 Å². The van der Waals surface area contributed by atoms with E-state index < -0.39 is 5.78 Å². The number of carbonyl (C=O) groups is 1. The number of unbranched alkanes of at least 4 members (excludes halogenated alkanes) is 26. The summed E-state index contributed by atoms with van der Waals surface area (Å²) in [4.78, 5) is 20.7. The summed E-state index contributed by atoms with van der Waals surface area (Å²) in [5.41, 5.74) is 3.29. The molecule has 0 fully saturated rings. The lowest BCUT2D eigenvalue weighted by Crippen LogP contribution is -2.13. The maximum Gasteiger partial charge on any atom is 0.205 e. The largest absolute Gasteiger partial charge is 0.506 e. The number of hydrogen-bond acceptors (Lipinski definition) is 16. The van der Waals surface area contributed by atoms with Crippen LogP contribution >= 0.6 is 0 Å². The lowest BCUT2D eigenvalue weighted by molar-refractivity contribution is 0.0387. The molecule has 0 spiro atoms. The second-order valence-electron chi connectivity index (χ2n) is 24.6. The molecule has 2 heterocycles. The summed E-state index contributed by atoms with van der Waals surface area (Å²) in [6.45, 7) is 22.0. The minimum Gasteiger partial charge on any atom is -0.506 e. The molecule has 4 aromatic rings. The molecule has 2 aromatic heterocycles. The highest BCUT2D eigenvalue weighted by molar-refractivity contribution is 6.07. The molecular weight excluding hydrogens is 1230 g/mol. The number of aliphatic hydroxyl groups is 1. The number of hydrogen-bond donors (Lipinski definition) is 3. The van der Waals surface area contributed by atoms with E-state index in [1.807, 2.05) is 64.1 Å². The van der Waals surface area contributed by atoms with Gasteiger partial charge in [0.05, 0.1) is 104 Å². The summed E-state index contributed by atoms with van der Waals surface area (Å²) >= 11 is 0. The first kappa shape index (κ1) is 84.1. The SMILES string of the molecule is CCCCCCCCCCCCCCCCOc1c(OCCOCCOCC)cc(-c2ccc(C(=O)/C=C(\O)c3ccc(-c4cc(OCCOCCOCC)c(OCCCCCCCCCCCCCCCC)c(OCCOCCOCC)c4)[nH]3)[nH]2)cc1OCCOCCOCC. The van der Waals surface area contributed by atoms with Crippen molar-refractivity contribution < 1.29 is 76.2 Å². The normalized spacial score (nSPS) is 11.7. The lowest BCUT2D eigenvalue weighted by Gasteiger charge is -2.19. The Morgan fingerprint density at radius 1 is 0.309 bits per heavy atom. The van der Waals surface area contributed by atoms with Gasteiger partial charge in [0, 0.05) is 55.0 Å². The van der Waals surface area contributed by atoms with Crippen molar-refractivity contribution in [3.05, 3.63) is 66.0 Å². The van der Waals surface area contributed by atoms with Gasteiger partial charge in [-0.1, -0.05) is 181 Å². The predicted octanol–water partition coefficient (Wildman–Crippen LogP) is 18.9. The molecular formula is C79H130N2O16. The zero-order chi connectivity index (χ0) is 69.1. The number of aromatic amines is 2. The Bertz CT molecular complexity index is 2470. The number of allylic oxidation sites excluding steroid dienone is 1. The molecule has 18 nitrogen and oxygen atoms in total. The number of carbonyl (C=O) groups excluding carboxylic acids is 1. The monoisotopic (exact) mass is 1360 g/mol. The molecule has 0 saturated heterocycles. The molecule has 0 aliphatic carbocycles. The van der Waals surface area contributed by atoms with Crippen molar-refractivity contribution in [1.29, 1.82) is 0 Å². The van der Waals surface area contributed by atoms with E-state index in [0.29, 0.717) is 182 Å². The van der Waals surface area contributed by atoms with E-state index in [2.05, 4.69) is 23.8 Å². The standard InChI is InChI=1S/C79H130N2O16/c1-7-13-15-17-19-21-23-25-27-29-31-33-35-37-43-96-78-74(92-57-53-88-49-45-84-9-3)61-66(62-75(78)93-58-54-89-50-46-85-10-4)68-39-41-70(80-68)72(82)65-73(83)71-42-40-69(81-71)67-63-76(94-59-55-90-51-47-86-11-5)79(77(64-67)95-60-56-91-52-48-87-12-6)97-44-38-36-34-32-30-28-26-24-22-20-18-16-14-8-2/h39-42,61-65,80-82H,7-38,43-60H2,1-6H3/b72-65-. The van der Waals surface area contributed by atoms with E-state index in [-0.39, 0.29) is 37.9 Å². The van der Waals surface area contributed by atoms with Gasteiger partial charge in [-0.25, -0.2) is 0 Å². The highest BCUT2D eigenvalue weighted by atomic mass is 16.6. The van der Waals surface area contributed by atoms with Gasteiger partial charge in [-0.2, -0.15) is 0 Å². The molecule has 0 bridgehead atoms. The Kier molecular flexibility index (Phi) is 50.7. The molecule has 0 unspecified atom stereocenters. The van der Waals surface area contributed by atoms with Crippen molar-refractivity contribution in [1.82, 2.24) is 9.97 Å². The van der Waals surface area contributed by atoms with Crippen LogP contribution in [0.3, 0.4) is 0 Å². The van der Waals surface area contributed by atoms with Gasteiger partial charge in [0.25, 0.3) is 0 Å². The third-order valence-corrected chi connectivity index (χ3v) is 16.6. The number of aliphatic hydroxyl groups excluding tert-OH is 1.